The number of hydrogen-bond donors (Lipinski definition) is 1. The first-order chi connectivity index (χ1) is 4.70. The summed E-state index contributed by atoms with van der Waals surface area (Å²) in [6, 6.07) is 0. The topological polar surface area (TPSA) is 37.3 Å². The van der Waals surface area contributed by atoms with E-state index in [2.05, 4.69) is 0 Å². The predicted molar refractivity (Wildman–Crippen MR) is 36.4 cm³/mol. The Morgan fingerprint density at radius 1 is 1.60 bits per heavy atom. The molecule has 0 heterocycles. The minimum Gasteiger partial charge on any atom is -0.392 e. The summed E-state index contributed by atoms with van der Waals surface area (Å²) in [7, 11) is 0. The van der Waals surface area contributed by atoms with E-state index in [0.29, 0.717) is 24.2 Å². The molecule has 0 aromatic heterocycles. The van der Waals surface area contributed by atoms with Gasteiger partial charge in [-0.05, 0) is 18.3 Å². The number of fused-ring (bicyclic) bond motifs is 1. The van der Waals surface area contributed by atoms with E-state index in [0.717, 1.165) is 6.42 Å². The average molecular weight is 140 g/mol. The van der Waals surface area contributed by atoms with Crippen LogP contribution in [-0.2, 0) is 4.79 Å². The lowest BCUT2D eigenvalue weighted by Crippen LogP contribution is -2.29. The van der Waals surface area contributed by atoms with E-state index in [1.54, 1.807) is 0 Å². The average Bonchev–Trinajstić information content (AvgIpc) is 2.61. The molecule has 0 aromatic rings. The van der Waals surface area contributed by atoms with Gasteiger partial charge in [-0.15, -0.1) is 0 Å². The summed E-state index contributed by atoms with van der Waals surface area (Å²) >= 11 is 0. The molecular formula is C8H12O2. The van der Waals surface area contributed by atoms with Crippen LogP contribution in [0.25, 0.3) is 0 Å². The van der Waals surface area contributed by atoms with Gasteiger partial charge in [-0.2, -0.15) is 0 Å². The number of Topliss-reactive ketones (excluding diaryl/α,β-unsaturated/α-hetero) is 1. The molecule has 0 aliphatic heterocycles. The Balaban J connectivity index is 2.12. The molecule has 4 atom stereocenters. The van der Waals surface area contributed by atoms with E-state index in [1.807, 2.05) is 6.92 Å². The van der Waals surface area contributed by atoms with Crippen LogP contribution in [0.15, 0.2) is 0 Å². The van der Waals surface area contributed by atoms with Crippen LogP contribution < -0.4 is 0 Å². The van der Waals surface area contributed by atoms with Gasteiger partial charge in [0.2, 0.25) is 0 Å². The standard InChI is InChI=1S/C8H12O2/c1-4-5-2-6(5)8(10)3-7(4)9/h4-7,9H,2-3H2,1H3. The Kier molecular flexibility index (Phi) is 1.15. The van der Waals surface area contributed by atoms with Gasteiger partial charge < -0.3 is 5.11 Å². The van der Waals surface area contributed by atoms with Crippen molar-refractivity contribution in [2.45, 2.75) is 25.9 Å². The summed E-state index contributed by atoms with van der Waals surface area (Å²) in [6.45, 7) is 2.04. The van der Waals surface area contributed by atoms with Crippen molar-refractivity contribution in [1.29, 1.82) is 0 Å². The molecular weight excluding hydrogens is 128 g/mol. The fourth-order valence-corrected chi connectivity index (χ4v) is 1.99. The molecule has 1 N–H and O–H groups in total. The second-order valence-electron chi connectivity index (χ2n) is 3.60. The predicted octanol–water partition coefficient (Wildman–Crippen LogP) is 0.592. The smallest absolute Gasteiger partial charge is 0.138 e. The van der Waals surface area contributed by atoms with Gasteiger partial charge in [0.25, 0.3) is 0 Å². The van der Waals surface area contributed by atoms with Crippen LogP contribution in [0.5, 0.6) is 0 Å². The highest BCUT2D eigenvalue weighted by atomic mass is 16.3. The summed E-state index contributed by atoms with van der Waals surface area (Å²) in [5, 5.41) is 9.32. The van der Waals surface area contributed by atoms with E-state index < -0.39 is 0 Å². The molecule has 2 saturated carbocycles. The highest BCUT2D eigenvalue weighted by Crippen LogP contribution is 2.50. The van der Waals surface area contributed by atoms with Crippen molar-refractivity contribution in [3.05, 3.63) is 0 Å². The number of aliphatic hydroxyl groups is 1. The fraction of sp³-hybridized carbons (Fsp3) is 0.875. The molecule has 2 aliphatic rings. The summed E-state index contributed by atoms with van der Waals surface area (Å²) < 4.78 is 0. The first kappa shape index (κ1) is 6.35. The van der Waals surface area contributed by atoms with Crippen molar-refractivity contribution in [3.63, 3.8) is 0 Å². The number of carbonyl (C=O) groups excluding carboxylic acids is 1. The van der Waals surface area contributed by atoms with Crippen molar-refractivity contribution < 1.29 is 9.90 Å². The quantitative estimate of drug-likeness (QED) is 0.534. The van der Waals surface area contributed by atoms with Crippen LogP contribution >= 0.6 is 0 Å². The summed E-state index contributed by atoms with van der Waals surface area (Å²) in [5.41, 5.74) is 0. The Labute approximate surface area is 60.2 Å². The second-order valence-corrected chi connectivity index (χ2v) is 3.60. The maximum Gasteiger partial charge on any atom is 0.138 e. The Bertz CT molecular complexity index is 174. The van der Waals surface area contributed by atoms with Crippen LogP contribution in [0.2, 0.25) is 0 Å². The second kappa shape index (κ2) is 1.82. The Morgan fingerprint density at radius 2 is 2.30 bits per heavy atom. The van der Waals surface area contributed by atoms with Crippen molar-refractivity contribution in [2.24, 2.45) is 17.8 Å². The van der Waals surface area contributed by atoms with Crippen LogP contribution in [0, 0.1) is 17.8 Å². The molecule has 2 aliphatic carbocycles. The first-order valence-corrected chi connectivity index (χ1v) is 3.91. The number of hydrogen-bond acceptors (Lipinski definition) is 2. The number of ketones is 1. The molecule has 2 fully saturated rings. The molecule has 0 amide bonds. The minimum atomic E-state index is -0.351. The van der Waals surface area contributed by atoms with E-state index in [9.17, 15) is 9.90 Å². The largest absolute Gasteiger partial charge is 0.392 e. The van der Waals surface area contributed by atoms with Gasteiger partial charge in [0, 0.05) is 12.3 Å². The summed E-state index contributed by atoms with van der Waals surface area (Å²) in [4.78, 5) is 11.0. The molecule has 10 heavy (non-hydrogen) atoms. The SMILES string of the molecule is CC1C(O)CC(=O)C2CC21. The van der Waals surface area contributed by atoms with Crippen molar-refractivity contribution in [3.8, 4) is 0 Å². The molecule has 56 valence electrons. The van der Waals surface area contributed by atoms with Crippen molar-refractivity contribution in [2.75, 3.05) is 0 Å². The molecule has 4 unspecified atom stereocenters. The highest BCUT2D eigenvalue weighted by Gasteiger charge is 2.51. The van der Waals surface area contributed by atoms with Gasteiger partial charge in [-0.25, -0.2) is 0 Å². The van der Waals surface area contributed by atoms with Gasteiger partial charge in [0.15, 0.2) is 0 Å². The first-order valence-electron chi connectivity index (χ1n) is 3.91. The third-order valence-electron chi connectivity index (χ3n) is 2.95. The van der Waals surface area contributed by atoms with Crippen molar-refractivity contribution in [1.82, 2.24) is 0 Å². The third kappa shape index (κ3) is 0.717. The fourth-order valence-electron chi connectivity index (χ4n) is 1.99. The number of aliphatic hydroxyl groups excluding tert-OH is 1. The number of rotatable bonds is 0. The molecule has 2 nitrogen and oxygen atoms in total. The number of carbonyl (C=O) groups is 1. The minimum absolute atomic E-state index is 0.288. The summed E-state index contributed by atoms with van der Waals surface area (Å²) in [5.74, 6) is 1.51. The van der Waals surface area contributed by atoms with E-state index >= 15 is 0 Å². The maximum absolute atomic E-state index is 11.0. The monoisotopic (exact) mass is 140 g/mol. The van der Waals surface area contributed by atoms with Gasteiger partial charge in [-0.3, -0.25) is 4.79 Å². The maximum atomic E-state index is 11.0. The summed E-state index contributed by atoms with van der Waals surface area (Å²) in [6.07, 6.45) is 1.09. The Hall–Kier alpha value is -0.370. The van der Waals surface area contributed by atoms with E-state index in [1.165, 1.54) is 0 Å². The molecule has 0 radical (unpaired) electrons. The third-order valence-corrected chi connectivity index (χ3v) is 2.95. The normalized spacial score (nSPS) is 52.4. The molecule has 2 rings (SSSR count). The molecule has 0 bridgehead atoms. The van der Waals surface area contributed by atoms with Gasteiger partial charge in [0.1, 0.15) is 5.78 Å². The van der Waals surface area contributed by atoms with Crippen LogP contribution in [-0.4, -0.2) is 17.0 Å². The molecule has 0 spiro atoms. The highest BCUT2D eigenvalue weighted by molar-refractivity contribution is 5.85. The lowest BCUT2D eigenvalue weighted by molar-refractivity contribution is -0.125. The molecule has 0 saturated heterocycles. The Morgan fingerprint density at radius 3 is 3.00 bits per heavy atom. The van der Waals surface area contributed by atoms with Gasteiger partial charge >= 0.3 is 0 Å². The van der Waals surface area contributed by atoms with Crippen LogP contribution in [0.4, 0.5) is 0 Å². The lowest BCUT2D eigenvalue weighted by atomic mass is 9.87. The van der Waals surface area contributed by atoms with Crippen molar-refractivity contribution >= 4 is 5.78 Å². The zero-order chi connectivity index (χ0) is 7.30. The molecule has 2 heteroatoms. The van der Waals surface area contributed by atoms with E-state index in [-0.39, 0.29) is 11.9 Å². The van der Waals surface area contributed by atoms with E-state index in [4.69, 9.17) is 0 Å². The van der Waals surface area contributed by atoms with Crippen LogP contribution in [0.3, 0.4) is 0 Å². The zero-order valence-electron chi connectivity index (χ0n) is 6.08. The van der Waals surface area contributed by atoms with Gasteiger partial charge in [0.05, 0.1) is 6.10 Å². The zero-order valence-corrected chi connectivity index (χ0v) is 6.08. The van der Waals surface area contributed by atoms with Crippen LogP contribution in [0.1, 0.15) is 19.8 Å². The molecule has 0 aromatic carbocycles. The van der Waals surface area contributed by atoms with Gasteiger partial charge in [-0.1, -0.05) is 6.92 Å². The lowest BCUT2D eigenvalue weighted by Gasteiger charge is -2.22.